The zero-order valence-corrected chi connectivity index (χ0v) is 11.4. The first kappa shape index (κ1) is 12.4. The van der Waals surface area contributed by atoms with E-state index >= 15 is 0 Å². The first-order valence-corrected chi connectivity index (χ1v) is 7.08. The Morgan fingerprint density at radius 3 is 2.78 bits per heavy atom. The predicted molar refractivity (Wildman–Crippen MR) is 72.3 cm³/mol. The van der Waals surface area contributed by atoms with E-state index in [9.17, 15) is 4.39 Å². The monoisotopic (exact) mass is 267 g/mol. The summed E-state index contributed by atoms with van der Waals surface area (Å²) in [6, 6.07) is 4.71. The molecule has 0 amide bonds. The second-order valence-electron chi connectivity index (χ2n) is 6.11. The van der Waals surface area contributed by atoms with E-state index in [-0.39, 0.29) is 5.82 Å². The minimum Gasteiger partial charge on any atom is -0.319 e. The molecule has 0 aromatic heterocycles. The molecule has 0 spiro atoms. The molecule has 0 radical (unpaired) electrons. The average molecular weight is 268 g/mol. The van der Waals surface area contributed by atoms with Crippen LogP contribution in [0.3, 0.4) is 0 Å². The largest absolute Gasteiger partial charge is 0.319 e. The quantitative estimate of drug-likeness (QED) is 0.878. The van der Waals surface area contributed by atoms with E-state index in [2.05, 4.69) is 5.32 Å². The number of nitrogens with one attached hydrogen (secondary N) is 1. The summed E-state index contributed by atoms with van der Waals surface area (Å²) < 4.78 is 13.3. The van der Waals surface area contributed by atoms with Crippen LogP contribution in [0.1, 0.15) is 24.8 Å². The van der Waals surface area contributed by atoms with Gasteiger partial charge in [0.25, 0.3) is 0 Å². The van der Waals surface area contributed by atoms with E-state index in [4.69, 9.17) is 11.6 Å². The number of fused-ring (bicyclic) bond motifs is 1. The van der Waals surface area contributed by atoms with E-state index in [0.29, 0.717) is 10.4 Å². The highest BCUT2D eigenvalue weighted by Crippen LogP contribution is 2.60. The number of halogens is 2. The van der Waals surface area contributed by atoms with Crippen molar-refractivity contribution in [2.75, 3.05) is 13.6 Å². The van der Waals surface area contributed by atoms with Gasteiger partial charge in [-0.25, -0.2) is 4.39 Å². The molecule has 18 heavy (non-hydrogen) atoms. The van der Waals surface area contributed by atoms with E-state index in [1.165, 1.54) is 25.3 Å². The highest BCUT2D eigenvalue weighted by Gasteiger charge is 2.53. The smallest absolute Gasteiger partial charge is 0.123 e. The topological polar surface area (TPSA) is 12.0 Å². The molecule has 0 saturated heterocycles. The van der Waals surface area contributed by atoms with Crippen molar-refractivity contribution in [3.05, 3.63) is 34.6 Å². The van der Waals surface area contributed by atoms with Gasteiger partial charge in [0.1, 0.15) is 5.82 Å². The fraction of sp³-hybridized carbons (Fsp3) is 0.600. The standard InChI is InChI=1S/C15H19ClFN/c1-18-9-15(6-10-4-11(10)7-15)8-12-5-13(17)2-3-14(12)16/h2-3,5,10-11,18H,4,6-9H2,1H3. The second-order valence-corrected chi connectivity index (χ2v) is 6.51. The first-order chi connectivity index (χ1) is 8.62. The Morgan fingerprint density at radius 1 is 1.39 bits per heavy atom. The van der Waals surface area contributed by atoms with Crippen molar-refractivity contribution in [1.82, 2.24) is 5.32 Å². The molecule has 1 aromatic carbocycles. The van der Waals surface area contributed by atoms with E-state index in [1.54, 1.807) is 12.1 Å². The van der Waals surface area contributed by atoms with Crippen LogP contribution in [-0.2, 0) is 6.42 Å². The van der Waals surface area contributed by atoms with Gasteiger partial charge in [0, 0.05) is 11.6 Å². The lowest BCUT2D eigenvalue weighted by Crippen LogP contribution is -2.33. The number of benzene rings is 1. The van der Waals surface area contributed by atoms with Crippen molar-refractivity contribution < 1.29 is 4.39 Å². The second kappa shape index (κ2) is 4.50. The van der Waals surface area contributed by atoms with Gasteiger partial charge >= 0.3 is 0 Å². The molecule has 1 N–H and O–H groups in total. The van der Waals surface area contributed by atoms with Crippen molar-refractivity contribution >= 4 is 11.6 Å². The first-order valence-electron chi connectivity index (χ1n) is 6.70. The maximum absolute atomic E-state index is 13.3. The maximum atomic E-state index is 13.3. The third kappa shape index (κ3) is 2.28. The summed E-state index contributed by atoms with van der Waals surface area (Å²) in [5.41, 5.74) is 1.26. The Labute approximate surface area is 113 Å². The van der Waals surface area contributed by atoms with Crippen LogP contribution >= 0.6 is 11.6 Å². The van der Waals surface area contributed by atoms with Crippen LogP contribution in [0.15, 0.2) is 18.2 Å². The van der Waals surface area contributed by atoms with Gasteiger partial charge in [-0.3, -0.25) is 0 Å². The lowest BCUT2D eigenvalue weighted by molar-refractivity contribution is 0.255. The van der Waals surface area contributed by atoms with Crippen LogP contribution < -0.4 is 5.32 Å². The summed E-state index contributed by atoms with van der Waals surface area (Å²) >= 11 is 6.20. The van der Waals surface area contributed by atoms with Crippen molar-refractivity contribution in [2.24, 2.45) is 17.3 Å². The molecule has 98 valence electrons. The molecule has 3 heteroatoms. The average Bonchev–Trinajstić information content (AvgIpc) is 2.93. The molecule has 2 aliphatic rings. The van der Waals surface area contributed by atoms with E-state index in [0.717, 1.165) is 30.4 Å². The van der Waals surface area contributed by atoms with Crippen LogP contribution in [0.25, 0.3) is 0 Å². The molecule has 2 unspecified atom stereocenters. The highest BCUT2D eigenvalue weighted by molar-refractivity contribution is 6.31. The maximum Gasteiger partial charge on any atom is 0.123 e. The normalized spacial score (nSPS) is 33.5. The van der Waals surface area contributed by atoms with Gasteiger partial charge in [0.05, 0.1) is 0 Å². The minimum atomic E-state index is -0.183. The molecule has 2 fully saturated rings. The van der Waals surface area contributed by atoms with Gasteiger partial charge < -0.3 is 5.32 Å². The summed E-state index contributed by atoms with van der Waals surface area (Å²) in [5, 5.41) is 4.01. The summed E-state index contributed by atoms with van der Waals surface area (Å²) in [4.78, 5) is 0. The Bertz CT molecular complexity index is 450. The molecule has 0 aliphatic heterocycles. The Balaban J connectivity index is 1.82. The van der Waals surface area contributed by atoms with E-state index < -0.39 is 0 Å². The van der Waals surface area contributed by atoms with Crippen molar-refractivity contribution in [1.29, 1.82) is 0 Å². The third-order valence-corrected chi connectivity index (χ3v) is 4.95. The van der Waals surface area contributed by atoms with Gasteiger partial charge in [-0.1, -0.05) is 11.6 Å². The molecular weight excluding hydrogens is 249 g/mol. The van der Waals surface area contributed by atoms with Gasteiger partial charge in [0.2, 0.25) is 0 Å². The zero-order valence-electron chi connectivity index (χ0n) is 10.7. The predicted octanol–water partition coefficient (Wildman–Crippen LogP) is 3.66. The fourth-order valence-electron chi connectivity index (χ4n) is 3.81. The van der Waals surface area contributed by atoms with Crippen LogP contribution in [0.2, 0.25) is 5.02 Å². The summed E-state index contributed by atoms with van der Waals surface area (Å²) in [6.45, 7) is 1.01. The van der Waals surface area contributed by atoms with Crippen molar-refractivity contribution in [2.45, 2.75) is 25.7 Å². The van der Waals surface area contributed by atoms with Crippen LogP contribution in [0, 0.1) is 23.1 Å². The van der Waals surface area contributed by atoms with Gasteiger partial charge in [-0.2, -0.15) is 0 Å². The Hall–Kier alpha value is -0.600. The van der Waals surface area contributed by atoms with Crippen LogP contribution in [0.5, 0.6) is 0 Å². The summed E-state index contributed by atoms with van der Waals surface area (Å²) in [5.74, 6) is 1.66. The Kier molecular flexibility index (Phi) is 3.11. The summed E-state index contributed by atoms with van der Waals surface area (Å²) in [6.07, 6.45) is 4.84. The van der Waals surface area contributed by atoms with Gasteiger partial charge in [0.15, 0.2) is 0 Å². The Morgan fingerprint density at radius 2 is 2.11 bits per heavy atom. The van der Waals surface area contributed by atoms with Gasteiger partial charge in [-0.05, 0) is 73.7 Å². The molecule has 2 saturated carbocycles. The number of rotatable bonds is 4. The van der Waals surface area contributed by atoms with Crippen LogP contribution in [-0.4, -0.2) is 13.6 Å². The van der Waals surface area contributed by atoms with E-state index in [1.807, 2.05) is 7.05 Å². The van der Waals surface area contributed by atoms with Crippen molar-refractivity contribution in [3.8, 4) is 0 Å². The lowest BCUT2D eigenvalue weighted by Gasteiger charge is -2.31. The van der Waals surface area contributed by atoms with Gasteiger partial charge in [-0.15, -0.1) is 0 Å². The molecule has 1 aromatic rings. The molecule has 1 nitrogen and oxygen atoms in total. The summed E-state index contributed by atoms with van der Waals surface area (Å²) in [7, 11) is 2.00. The lowest BCUT2D eigenvalue weighted by atomic mass is 9.77. The minimum absolute atomic E-state index is 0.183. The zero-order chi connectivity index (χ0) is 12.8. The molecule has 0 bridgehead atoms. The molecular formula is C15H19ClFN. The fourth-order valence-corrected chi connectivity index (χ4v) is 4.00. The third-order valence-electron chi connectivity index (χ3n) is 4.58. The highest BCUT2D eigenvalue weighted by atomic mass is 35.5. The molecule has 0 heterocycles. The molecule has 2 atom stereocenters. The number of hydrogen-bond donors (Lipinski definition) is 1. The van der Waals surface area contributed by atoms with Crippen molar-refractivity contribution in [3.63, 3.8) is 0 Å². The van der Waals surface area contributed by atoms with Crippen LogP contribution in [0.4, 0.5) is 4.39 Å². The molecule has 2 aliphatic carbocycles. The molecule has 3 rings (SSSR count). The SMILES string of the molecule is CNCC1(Cc2cc(F)ccc2Cl)CC2CC2C1. The number of hydrogen-bond acceptors (Lipinski definition) is 1.